The number of carbonyl (C=O) groups excluding carboxylic acids is 1. The number of ether oxygens (including phenoxy) is 1. The van der Waals surface area contributed by atoms with Gasteiger partial charge < -0.3 is 20.3 Å². The summed E-state index contributed by atoms with van der Waals surface area (Å²) in [5.41, 5.74) is 1.28. The average molecular weight is 502 g/mol. The molecule has 0 bridgehead atoms. The van der Waals surface area contributed by atoms with Crippen LogP contribution in [0.15, 0.2) is 35.3 Å². The highest BCUT2D eigenvalue weighted by Gasteiger charge is 2.29. The minimum Gasteiger partial charge on any atom is -0.380 e. The molecule has 1 amide bonds. The second kappa shape index (κ2) is 14.6. The minimum atomic E-state index is 0. The first kappa shape index (κ1) is 24.7. The van der Waals surface area contributed by atoms with Gasteiger partial charge in [-0.05, 0) is 18.4 Å². The molecule has 1 saturated heterocycles. The molecular formula is C21H35IN4O2. The molecule has 1 aromatic rings. The van der Waals surface area contributed by atoms with E-state index in [9.17, 15) is 4.79 Å². The molecule has 28 heavy (non-hydrogen) atoms. The van der Waals surface area contributed by atoms with Crippen molar-refractivity contribution in [1.82, 2.24) is 15.5 Å². The Labute approximate surface area is 186 Å². The molecule has 1 heterocycles. The van der Waals surface area contributed by atoms with Crippen LogP contribution in [-0.4, -0.2) is 63.2 Å². The van der Waals surface area contributed by atoms with Crippen LogP contribution < -0.4 is 10.6 Å². The predicted octanol–water partition coefficient (Wildman–Crippen LogP) is 2.68. The van der Waals surface area contributed by atoms with Gasteiger partial charge in [-0.3, -0.25) is 9.79 Å². The van der Waals surface area contributed by atoms with Gasteiger partial charge in [-0.1, -0.05) is 43.7 Å². The lowest BCUT2D eigenvalue weighted by molar-refractivity contribution is -0.127. The van der Waals surface area contributed by atoms with Crippen molar-refractivity contribution in [3.05, 3.63) is 35.9 Å². The number of halogens is 1. The molecule has 1 atom stereocenters. The van der Waals surface area contributed by atoms with Crippen LogP contribution in [0, 0.1) is 5.92 Å². The zero-order valence-corrected chi connectivity index (χ0v) is 19.5. The van der Waals surface area contributed by atoms with E-state index in [0.29, 0.717) is 18.9 Å². The summed E-state index contributed by atoms with van der Waals surface area (Å²) in [6.07, 6.45) is 3.77. The second-order valence-electron chi connectivity index (χ2n) is 6.99. The van der Waals surface area contributed by atoms with Crippen LogP contribution in [0.25, 0.3) is 0 Å². The highest BCUT2D eigenvalue weighted by Crippen LogP contribution is 2.17. The number of guanidine groups is 1. The fourth-order valence-electron chi connectivity index (χ4n) is 3.17. The lowest BCUT2D eigenvalue weighted by Crippen LogP contribution is -2.41. The SMILES string of the molecule is CCCCOCCNC(=NC)NCC1CC(=O)N(CCc2ccccc2)C1.I. The van der Waals surface area contributed by atoms with E-state index in [1.165, 1.54) is 5.56 Å². The Kier molecular flexibility index (Phi) is 12.9. The van der Waals surface area contributed by atoms with Gasteiger partial charge in [0, 0.05) is 52.2 Å². The Hall–Kier alpha value is -1.35. The van der Waals surface area contributed by atoms with Crippen LogP contribution in [0.4, 0.5) is 0 Å². The number of unbranched alkanes of at least 4 members (excludes halogenated alkanes) is 1. The van der Waals surface area contributed by atoms with Crippen molar-refractivity contribution in [3.8, 4) is 0 Å². The van der Waals surface area contributed by atoms with Crippen molar-refractivity contribution in [2.45, 2.75) is 32.6 Å². The third-order valence-corrected chi connectivity index (χ3v) is 4.77. The number of benzene rings is 1. The van der Waals surface area contributed by atoms with E-state index >= 15 is 0 Å². The van der Waals surface area contributed by atoms with E-state index < -0.39 is 0 Å². The number of rotatable bonds is 11. The molecule has 0 spiro atoms. The van der Waals surface area contributed by atoms with Gasteiger partial charge in [0.25, 0.3) is 0 Å². The third-order valence-electron chi connectivity index (χ3n) is 4.77. The molecule has 1 fully saturated rings. The average Bonchev–Trinajstić information content (AvgIpc) is 3.05. The Bertz CT molecular complexity index is 583. The smallest absolute Gasteiger partial charge is 0.223 e. The maximum atomic E-state index is 12.3. The van der Waals surface area contributed by atoms with E-state index in [1.807, 2.05) is 23.1 Å². The summed E-state index contributed by atoms with van der Waals surface area (Å²) in [5, 5.41) is 6.59. The molecule has 0 saturated carbocycles. The van der Waals surface area contributed by atoms with Crippen LogP contribution in [0.3, 0.4) is 0 Å². The number of amides is 1. The molecule has 1 aliphatic rings. The molecule has 7 heteroatoms. The number of hydrogen-bond acceptors (Lipinski definition) is 3. The molecule has 0 radical (unpaired) electrons. The number of hydrogen-bond donors (Lipinski definition) is 2. The van der Waals surface area contributed by atoms with Crippen LogP contribution in [0.2, 0.25) is 0 Å². The van der Waals surface area contributed by atoms with Crippen LogP contribution in [-0.2, 0) is 16.0 Å². The normalized spacial score (nSPS) is 16.8. The largest absolute Gasteiger partial charge is 0.380 e. The number of nitrogens with one attached hydrogen (secondary N) is 2. The van der Waals surface area contributed by atoms with E-state index in [0.717, 1.165) is 58.0 Å². The first-order valence-corrected chi connectivity index (χ1v) is 10.1. The van der Waals surface area contributed by atoms with Gasteiger partial charge in [0.1, 0.15) is 0 Å². The maximum Gasteiger partial charge on any atom is 0.223 e. The van der Waals surface area contributed by atoms with E-state index in [-0.39, 0.29) is 29.9 Å². The molecule has 1 aromatic carbocycles. The molecule has 1 aliphatic heterocycles. The van der Waals surface area contributed by atoms with E-state index in [2.05, 4.69) is 34.7 Å². The summed E-state index contributed by atoms with van der Waals surface area (Å²) in [6, 6.07) is 10.3. The van der Waals surface area contributed by atoms with Crippen molar-refractivity contribution in [2.75, 3.05) is 46.4 Å². The van der Waals surface area contributed by atoms with E-state index in [1.54, 1.807) is 7.05 Å². The third kappa shape index (κ3) is 9.23. The number of likely N-dealkylation sites (tertiary alicyclic amines) is 1. The first-order valence-electron chi connectivity index (χ1n) is 10.1. The van der Waals surface area contributed by atoms with Crippen molar-refractivity contribution in [3.63, 3.8) is 0 Å². The summed E-state index contributed by atoms with van der Waals surface area (Å²) in [6.45, 7) is 6.74. The number of aliphatic imine (C=N–C) groups is 1. The van der Waals surface area contributed by atoms with Crippen molar-refractivity contribution < 1.29 is 9.53 Å². The maximum absolute atomic E-state index is 12.3. The second-order valence-corrected chi connectivity index (χ2v) is 6.99. The zero-order valence-electron chi connectivity index (χ0n) is 17.2. The molecule has 158 valence electrons. The lowest BCUT2D eigenvalue weighted by atomic mass is 10.1. The Morgan fingerprint density at radius 3 is 2.75 bits per heavy atom. The Morgan fingerprint density at radius 2 is 2.04 bits per heavy atom. The van der Waals surface area contributed by atoms with Gasteiger partial charge in [-0.15, -0.1) is 24.0 Å². The van der Waals surface area contributed by atoms with Crippen LogP contribution in [0.5, 0.6) is 0 Å². The molecule has 6 nitrogen and oxygen atoms in total. The van der Waals surface area contributed by atoms with Gasteiger partial charge in [0.05, 0.1) is 6.61 Å². The molecule has 0 aliphatic carbocycles. The van der Waals surface area contributed by atoms with Gasteiger partial charge in [0.2, 0.25) is 5.91 Å². The highest BCUT2D eigenvalue weighted by molar-refractivity contribution is 14.0. The van der Waals surface area contributed by atoms with Crippen molar-refractivity contribution in [2.24, 2.45) is 10.9 Å². The van der Waals surface area contributed by atoms with Gasteiger partial charge in [0.15, 0.2) is 5.96 Å². The molecule has 0 aromatic heterocycles. The summed E-state index contributed by atoms with van der Waals surface area (Å²) in [4.78, 5) is 18.5. The Balaban J connectivity index is 0.00000392. The zero-order chi connectivity index (χ0) is 19.3. The highest BCUT2D eigenvalue weighted by atomic mass is 127. The molecule has 1 unspecified atom stereocenters. The molecule has 2 rings (SSSR count). The first-order chi connectivity index (χ1) is 13.2. The predicted molar refractivity (Wildman–Crippen MR) is 125 cm³/mol. The fraction of sp³-hybridized carbons (Fsp3) is 0.619. The minimum absolute atomic E-state index is 0. The summed E-state index contributed by atoms with van der Waals surface area (Å²) in [7, 11) is 1.76. The molecule has 2 N–H and O–H groups in total. The van der Waals surface area contributed by atoms with Crippen LogP contribution >= 0.6 is 24.0 Å². The topological polar surface area (TPSA) is 66.0 Å². The fourth-order valence-corrected chi connectivity index (χ4v) is 3.17. The van der Waals surface area contributed by atoms with Gasteiger partial charge in [-0.2, -0.15) is 0 Å². The Morgan fingerprint density at radius 1 is 1.25 bits per heavy atom. The van der Waals surface area contributed by atoms with Crippen molar-refractivity contribution in [1.29, 1.82) is 0 Å². The monoisotopic (exact) mass is 502 g/mol. The number of nitrogens with zero attached hydrogens (tertiary/aromatic N) is 2. The summed E-state index contributed by atoms with van der Waals surface area (Å²) < 4.78 is 5.54. The standard InChI is InChI=1S/C21H34N4O2.HI/c1-3-4-13-27-14-11-23-21(22-2)24-16-19-15-20(26)25(17-19)12-10-18-8-6-5-7-9-18;/h5-9,19H,3-4,10-17H2,1-2H3,(H2,22,23,24);1H. The van der Waals surface area contributed by atoms with E-state index in [4.69, 9.17) is 4.74 Å². The summed E-state index contributed by atoms with van der Waals surface area (Å²) >= 11 is 0. The summed E-state index contributed by atoms with van der Waals surface area (Å²) in [5.74, 6) is 1.35. The lowest BCUT2D eigenvalue weighted by Gasteiger charge is -2.18. The molecular weight excluding hydrogens is 467 g/mol. The van der Waals surface area contributed by atoms with Crippen molar-refractivity contribution >= 4 is 35.8 Å². The van der Waals surface area contributed by atoms with Crippen LogP contribution in [0.1, 0.15) is 31.7 Å². The van der Waals surface area contributed by atoms with Gasteiger partial charge in [-0.25, -0.2) is 0 Å². The quantitative estimate of drug-likeness (QED) is 0.212. The number of carbonyl (C=O) groups is 1. The van der Waals surface area contributed by atoms with Gasteiger partial charge >= 0.3 is 0 Å².